The van der Waals surface area contributed by atoms with Crippen LogP contribution in [0.2, 0.25) is 0 Å². The van der Waals surface area contributed by atoms with Crippen LogP contribution >= 0.6 is 0 Å². The largest absolute Gasteiger partial charge is 0.456 e. The summed E-state index contributed by atoms with van der Waals surface area (Å²) in [7, 11) is 0. The Hall–Kier alpha value is -6.38. The first-order valence-electron chi connectivity index (χ1n) is 17.8. The van der Waals surface area contributed by atoms with Crippen molar-refractivity contribution in [2.45, 2.75) is 19.3 Å². The van der Waals surface area contributed by atoms with E-state index in [0.29, 0.717) is 0 Å². The van der Waals surface area contributed by atoms with Gasteiger partial charge in [0.15, 0.2) is 0 Å². The molecule has 0 amide bonds. The average molecular weight is 652 g/mol. The van der Waals surface area contributed by atoms with Gasteiger partial charge in [0.2, 0.25) is 0 Å². The molecule has 0 unspecified atom stereocenters. The summed E-state index contributed by atoms with van der Waals surface area (Å²) in [6.45, 7) is 4.77. The van der Waals surface area contributed by atoms with Crippen molar-refractivity contribution < 1.29 is 4.42 Å². The first-order chi connectivity index (χ1) is 25.1. The summed E-state index contributed by atoms with van der Waals surface area (Å²) < 4.78 is 8.77. The fourth-order valence-corrected chi connectivity index (χ4v) is 9.23. The number of fused-ring (bicyclic) bond motifs is 10. The average Bonchev–Trinajstić information content (AvgIpc) is 3.80. The lowest BCUT2D eigenvalue weighted by Gasteiger charge is -2.24. The van der Waals surface area contributed by atoms with E-state index in [9.17, 15) is 0 Å². The fraction of sp³-hybridized carbons (Fsp3) is 0.0612. The van der Waals surface area contributed by atoms with Crippen LogP contribution in [0.25, 0.3) is 93.5 Å². The second kappa shape index (κ2) is 10.3. The Kier molecular flexibility index (Phi) is 5.76. The third-order valence-corrected chi connectivity index (χ3v) is 11.3. The van der Waals surface area contributed by atoms with E-state index >= 15 is 0 Å². The minimum absolute atomic E-state index is 0.179. The zero-order chi connectivity index (χ0) is 33.8. The molecule has 10 aromatic rings. The maximum absolute atomic E-state index is 6.24. The first kappa shape index (κ1) is 28.5. The SMILES string of the molecule is CC1(C)c2ccccc2-c2c1n(-c1ccccc1)c1cccc(-c3c4ccccc4c(-c4ccc5oc6ccccc6c5c4)c4ccccc34)c21. The smallest absolute Gasteiger partial charge is 0.135 e. The Morgan fingerprint density at radius 2 is 1.04 bits per heavy atom. The van der Waals surface area contributed by atoms with Gasteiger partial charge in [0, 0.05) is 38.5 Å². The molecule has 2 heterocycles. The van der Waals surface area contributed by atoms with E-state index in [1.54, 1.807) is 0 Å². The summed E-state index contributed by atoms with van der Waals surface area (Å²) in [4.78, 5) is 0. The lowest BCUT2D eigenvalue weighted by molar-refractivity contribution is 0.624. The highest BCUT2D eigenvalue weighted by molar-refractivity contribution is 6.25. The molecule has 8 aromatic carbocycles. The number of rotatable bonds is 3. The molecule has 1 aliphatic carbocycles. The Bertz CT molecular complexity index is 2990. The number of furan rings is 1. The molecule has 51 heavy (non-hydrogen) atoms. The van der Waals surface area contributed by atoms with Crippen molar-refractivity contribution in [1.29, 1.82) is 0 Å². The molecular formula is C49H33NO. The van der Waals surface area contributed by atoms with E-state index in [1.807, 2.05) is 6.07 Å². The van der Waals surface area contributed by atoms with E-state index in [1.165, 1.54) is 82.8 Å². The van der Waals surface area contributed by atoms with Gasteiger partial charge in [-0.25, -0.2) is 0 Å². The monoisotopic (exact) mass is 651 g/mol. The maximum atomic E-state index is 6.24. The molecule has 1 aliphatic rings. The molecule has 0 fully saturated rings. The third kappa shape index (κ3) is 3.82. The molecule has 0 spiro atoms. The molecule has 2 aromatic heterocycles. The fourth-order valence-electron chi connectivity index (χ4n) is 9.23. The summed E-state index contributed by atoms with van der Waals surface area (Å²) in [6, 6.07) is 59.8. The highest BCUT2D eigenvalue weighted by atomic mass is 16.3. The van der Waals surface area contributed by atoms with Gasteiger partial charge in [-0.2, -0.15) is 0 Å². The summed E-state index contributed by atoms with van der Waals surface area (Å²) in [5.41, 5.74) is 14.5. The minimum Gasteiger partial charge on any atom is -0.456 e. The lowest BCUT2D eigenvalue weighted by atomic mass is 9.84. The standard InChI is InChI=1S/C49H33NO/c1-49(2)40-24-12-10-22-37(40)47-46-38(23-14-25-41(46)50(48(47)49)31-15-4-3-5-16-31)45-35-20-8-6-18-33(35)44(34-19-7-9-21-36(34)45)30-27-28-43-39(29-30)32-17-11-13-26-42(32)51-43/h3-29H,1-2H3. The minimum atomic E-state index is -0.179. The summed E-state index contributed by atoms with van der Waals surface area (Å²) in [5, 5.41) is 8.59. The summed E-state index contributed by atoms with van der Waals surface area (Å²) in [5.74, 6) is 0. The van der Waals surface area contributed by atoms with E-state index < -0.39 is 0 Å². The molecule has 11 rings (SSSR count). The van der Waals surface area contributed by atoms with E-state index in [2.05, 4.69) is 176 Å². The molecule has 0 atom stereocenters. The Balaban J connectivity index is 1.28. The van der Waals surface area contributed by atoms with Gasteiger partial charge in [-0.15, -0.1) is 0 Å². The third-order valence-electron chi connectivity index (χ3n) is 11.3. The van der Waals surface area contributed by atoms with Crippen molar-refractivity contribution in [3.05, 3.63) is 175 Å². The van der Waals surface area contributed by atoms with Gasteiger partial charge in [-0.3, -0.25) is 0 Å². The Morgan fingerprint density at radius 1 is 0.451 bits per heavy atom. The van der Waals surface area contributed by atoms with Crippen molar-refractivity contribution in [3.63, 3.8) is 0 Å². The Morgan fingerprint density at radius 3 is 1.78 bits per heavy atom. The van der Waals surface area contributed by atoms with Gasteiger partial charge in [0.05, 0.1) is 5.52 Å². The van der Waals surface area contributed by atoms with Crippen LogP contribution < -0.4 is 0 Å². The molecule has 0 bridgehead atoms. The van der Waals surface area contributed by atoms with Crippen molar-refractivity contribution >= 4 is 54.4 Å². The lowest BCUT2D eigenvalue weighted by Crippen LogP contribution is -2.19. The van der Waals surface area contributed by atoms with Gasteiger partial charge in [-0.1, -0.05) is 141 Å². The zero-order valence-corrected chi connectivity index (χ0v) is 28.4. The van der Waals surface area contributed by atoms with Gasteiger partial charge < -0.3 is 8.98 Å². The molecule has 2 nitrogen and oxygen atoms in total. The Labute approximate surface area is 295 Å². The zero-order valence-electron chi connectivity index (χ0n) is 28.4. The predicted octanol–water partition coefficient (Wildman–Crippen LogP) is 13.5. The molecule has 0 radical (unpaired) electrons. The van der Waals surface area contributed by atoms with Gasteiger partial charge in [0.25, 0.3) is 0 Å². The molecule has 0 saturated heterocycles. The number of hydrogen-bond acceptors (Lipinski definition) is 1. The molecular weight excluding hydrogens is 619 g/mol. The van der Waals surface area contributed by atoms with Crippen molar-refractivity contribution in [2.75, 3.05) is 0 Å². The van der Waals surface area contributed by atoms with Crippen molar-refractivity contribution in [1.82, 2.24) is 4.57 Å². The number of para-hydroxylation sites is 2. The normalized spacial score (nSPS) is 13.5. The topological polar surface area (TPSA) is 18.1 Å². The first-order valence-corrected chi connectivity index (χ1v) is 17.8. The van der Waals surface area contributed by atoms with Crippen LogP contribution in [-0.4, -0.2) is 4.57 Å². The number of hydrogen-bond donors (Lipinski definition) is 0. The quantitative estimate of drug-likeness (QED) is 0.174. The van der Waals surface area contributed by atoms with E-state index in [-0.39, 0.29) is 5.41 Å². The number of benzene rings is 8. The van der Waals surface area contributed by atoms with Crippen LogP contribution in [0.15, 0.2) is 168 Å². The highest BCUT2D eigenvalue weighted by Gasteiger charge is 2.41. The second-order valence-electron chi connectivity index (χ2n) is 14.4. The van der Waals surface area contributed by atoms with E-state index in [4.69, 9.17) is 4.42 Å². The van der Waals surface area contributed by atoms with Crippen molar-refractivity contribution in [2.24, 2.45) is 0 Å². The van der Waals surface area contributed by atoms with Crippen molar-refractivity contribution in [3.8, 4) is 39.1 Å². The summed E-state index contributed by atoms with van der Waals surface area (Å²) >= 11 is 0. The van der Waals surface area contributed by atoms with Crippen LogP contribution in [0.5, 0.6) is 0 Å². The summed E-state index contributed by atoms with van der Waals surface area (Å²) in [6.07, 6.45) is 0. The van der Waals surface area contributed by atoms with Crippen LogP contribution in [0.1, 0.15) is 25.1 Å². The van der Waals surface area contributed by atoms with Gasteiger partial charge >= 0.3 is 0 Å². The molecule has 240 valence electrons. The number of aromatic nitrogens is 1. The van der Waals surface area contributed by atoms with Crippen LogP contribution in [0.3, 0.4) is 0 Å². The molecule has 0 saturated carbocycles. The van der Waals surface area contributed by atoms with Crippen LogP contribution in [0.4, 0.5) is 0 Å². The predicted molar refractivity (Wildman–Crippen MR) is 214 cm³/mol. The van der Waals surface area contributed by atoms with E-state index in [0.717, 1.165) is 21.9 Å². The number of nitrogens with zero attached hydrogens (tertiary/aromatic N) is 1. The van der Waals surface area contributed by atoms with Crippen LogP contribution in [-0.2, 0) is 5.41 Å². The second-order valence-corrected chi connectivity index (χ2v) is 14.4. The van der Waals surface area contributed by atoms with Crippen LogP contribution in [0, 0.1) is 0 Å². The molecule has 0 aliphatic heterocycles. The maximum Gasteiger partial charge on any atom is 0.135 e. The highest BCUT2D eigenvalue weighted by Crippen LogP contribution is 2.56. The van der Waals surface area contributed by atoms with Gasteiger partial charge in [0.1, 0.15) is 11.2 Å². The molecule has 0 N–H and O–H groups in total. The molecule has 2 heteroatoms. The van der Waals surface area contributed by atoms with Gasteiger partial charge in [-0.05, 0) is 91.3 Å².